The predicted molar refractivity (Wildman–Crippen MR) is 111 cm³/mol. The van der Waals surface area contributed by atoms with Crippen LogP contribution < -0.4 is 15.4 Å². The minimum atomic E-state index is -0.229. The van der Waals surface area contributed by atoms with E-state index in [9.17, 15) is 0 Å². The van der Waals surface area contributed by atoms with Crippen molar-refractivity contribution in [3.63, 3.8) is 0 Å². The first-order valence-electron chi connectivity index (χ1n) is 8.07. The van der Waals surface area contributed by atoms with E-state index in [-0.39, 0.29) is 29.6 Å². The summed E-state index contributed by atoms with van der Waals surface area (Å²) in [6.07, 6.45) is 0. The summed E-state index contributed by atoms with van der Waals surface area (Å²) in [5.41, 5.74) is 0.948. The van der Waals surface area contributed by atoms with Crippen LogP contribution in [0.4, 0.5) is 0 Å². The average molecular weight is 449 g/mol. The Bertz CT molecular complexity index is 488. The normalized spacial score (nSPS) is 11.9. The van der Waals surface area contributed by atoms with E-state index < -0.39 is 0 Å². The molecule has 0 bridgehead atoms. The predicted octanol–water partition coefficient (Wildman–Crippen LogP) is 3.43. The molecule has 2 N–H and O–H groups in total. The third-order valence-electron chi connectivity index (χ3n) is 3.42. The molecule has 1 aromatic rings. The standard InChI is InChI=1S/C18H31N3O2.HI/c1-14(2)12-23-16-9-7-15(8-10-16)11-20-17(19-5)21-13-18(3,4)22-6;/h7-10,14H,11-13H2,1-6H3,(H2,19,20,21);1H. The zero-order chi connectivity index (χ0) is 17.3. The Morgan fingerprint density at radius 2 is 1.79 bits per heavy atom. The number of halogens is 1. The summed E-state index contributed by atoms with van der Waals surface area (Å²) in [4.78, 5) is 4.22. The minimum Gasteiger partial charge on any atom is -0.493 e. The summed E-state index contributed by atoms with van der Waals surface area (Å²) < 4.78 is 11.1. The molecule has 0 saturated carbocycles. The highest BCUT2D eigenvalue weighted by molar-refractivity contribution is 14.0. The summed E-state index contributed by atoms with van der Waals surface area (Å²) in [7, 11) is 3.47. The van der Waals surface area contributed by atoms with Gasteiger partial charge in [0.05, 0.1) is 12.2 Å². The van der Waals surface area contributed by atoms with Crippen molar-refractivity contribution in [3.05, 3.63) is 29.8 Å². The molecule has 0 aromatic heterocycles. The van der Waals surface area contributed by atoms with Crippen molar-refractivity contribution in [2.24, 2.45) is 10.9 Å². The van der Waals surface area contributed by atoms with Gasteiger partial charge in [-0.2, -0.15) is 0 Å². The van der Waals surface area contributed by atoms with Gasteiger partial charge in [0.15, 0.2) is 5.96 Å². The number of hydrogen-bond acceptors (Lipinski definition) is 3. The van der Waals surface area contributed by atoms with Crippen molar-refractivity contribution in [1.29, 1.82) is 0 Å². The number of guanidine groups is 1. The average Bonchev–Trinajstić information content (AvgIpc) is 2.54. The highest BCUT2D eigenvalue weighted by Crippen LogP contribution is 2.13. The zero-order valence-corrected chi connectivity index (χ0v) is 18.0. The number of hydrogen-bond donors (Lipinski definition) is 2. The van der Waals surface area contributed by atoms with E-state index in [4.69, 9.17) is 9.47 Å². The maximum atomic E-state index is 5.69. The van der Waals surface area contributed by atoms with Crippen molar-refractivity contribution in [1.82, 2.24) is 10.6 Å². The second-order valence-corrected chi connectivity index (χ2v) is 6.59. The van der Waals surface area contributed by atoms with Crippen LogP contribution in [0, 0.1) is 5.92 Å². The summed E-state index contributed by atoms with van der Waals surface area (Å²) in [6, 6.07) is 8.14. The Balaban J connectivity index is 0.00000529. The number of nitrogens with one attached hydrogen (secondary N) is 2. The van der Waals surface area contributed by atoms with Gasteiger partial charge in [-0.05, 0) is 37.5 Å². The molecule has 0 aliphatic carbocycles. The quantitative estimate of drug-likeness (QED) is 0.363. The van der Waals surface area contributed by atoms with Crippen molar-refractivity contribution < 1.29 is 9.47 Å². The summed E-state index contributed by atoms with van der Waals surface area (Å²) >= 11 is 0. The zero-order valence-electron chi connectivity index (χ0n) is 15.7. The van der Waals surface area contributed by atoms with E-state index in [0.717, 1.165) is 18.3 Å². The van der Waals surface area contributed by atoms with Crippen LogP contribution in [0.3, 0.4) is 0 Å². The Morgan fingerprint density at radius 1 is 1.17 bits per heavy atom. The van der Waals surface area contributed by atoms with Crippen LogP contribution in [0.2, 0.25) is 0 Å². The molecule has 0 amide bonds. The van der Waals surface area contributed by atoms with E-state index in [1.807, 2.05) is 26.0 Å². The third-order valence-corrected chi connectivity index (χ3v) is 3.42. The Morgan fingerprint density at radius 3 is 2.29 bits per heavy atom. The number of rotatable bonds is 8. The van der Waals surface area contributed by atoms with Gasteiger partial charge < -0.3 is 20.1 Å². The lowest BCUT2D eigenvalue weighted by Gasteiger charge is -2.24. The van der Waals surface area contributed by atoms with E-state index in [0.29, 0.717) is 19.0 Å². The second kappa shape index (κ2) is 11.5. The van der Waals surface area contributed by atoms with Crippen LogP contribution in [0.25, 0.3) is 0 Å². The van der Waals surface area contributed by atoms with Crippen LogP contribution in [0.5, 0.6) is 5.75 Å². The molecule has 6 heteroatoms. The van der Waals surface area contributed by atoms with E-state index >= 15 is 0 Å². The molecule has 1 rings (SSSR count). The van der Waals surface area contributed by atoms with Crippen molar-refractivity contribution in [2.45, 2.75) is 39.8 Å². The van der Waals surface area contributed by atoms with Crippen LogP contribution in [0.1, 0.15) is 33.3 Å². The third kappa shape index (κ3) is 9.32. The van der Waals surface area contributed by atoms with Gasteiger partial charge in [0, 0.05) is 27.2 Å². The van der Waals surface area contributed by atoms with Crippen LogP contribution in [0.15, 0.2) is 29.3 Å². The van der Waals surface area contributed by atoms with Gasteiger partial charge in [0.25, 0.3) is 0 Å². The van der Waals surface area contributed by atoms with E-state index in [2.05, 4.69) is 41.6 Å². The fourth-order valence-electron chi connectivity index (χ4n) is 1.74. The monoisotopic (exact) mass is 449 g/mol. The molecular formula is C18H32IN3O2. The Kier molecular flexibility index (Phi) is 11.0. The Labute approximate surface area is 163 Å². The fraction of sp³-hybridized carbons (Fsp3) is 0.611. The van der Waals surface area contributed by atoms with Gasteiger partial charge in [0.2, 0.25) is 0 Å². The van der Waals surface area contributed by atoms with Gasteiger partial charge in [-0.3, -0.25) is 4.99 Å². The van der Waals surface area contributed by atoms with E-state index in [1.165, 1.54) is 5.56 Å². The summed E-state index contributed by atoms with van der Waals surface area (Å²) in [5.74, 6) is 2.20. The van der Waals surface area contributed by atoms with Crippen LogP contribution in [-0.2, 0) is 11.3 Å². The van der Waals surface area contributed by atoms with Gasteiger partial charge in [-0.25, -0.2) is 0 Å². The molecule has 138 valence electrons. The molecule has 1 aromatic carbocycles. The first-order valence-corrected chi connectivity index (χ1v) is 8.07. The van der Waals surface area contributed by atoms with Crippen molar-refractivity contribution in [3.8, 4) is 5.75 Å². The SMILES string of the molecule is CN=C(NCc1ccc(OCC(C)C)cc1)NCC(C)(C)OC.I. The van der Waals surface area contributed by atoms with Gasteiger partial charge in [0.1, 0.15) is 5.75 Å². The summed E-state index contributed by atoms with van der Waals surface area (Å²) in [5, 5.41) is 6.56. The van der Waals surface area contributed by atoms with Crippen molar-refractivity contribution >= 4 is 29.9 Å². The topological polar surface area (TPSA) is 54.9 Å². The van der Waals surface area contributed by atoms with Crippen LogP contribution >= 0.6 is 24.0 Å². The summed E-state index contributed by atoms with van der Waals surface area (Å²) in [6.45, 7) is 10.5. The molecule has 0 atom stereocenters. The fourth-order valence-corrected chi connectivity index (χ4v) is 1.74. The molecule has 0 heterocycles. The largest absolute Gasteiger partial charge is 0.493 e. The molecule has 0 fully saturated rings. The molecule has 0 aliphatic rings. The molecular weight excluding hydrogens is 417 g/mol. The molecule has 0 unspecified atom stereocenters. The minimum absolute atomic E-state index is 0. The van der Waals surface area contributed by atoms with E-state index in [1.54, 1.807) is 14.2 Å². The van der Waals surface area contributed by atoms with Gasteiger partial charge in [-0.1, -0.05) is 26.0 Å². The molecule has 0 aliphatic heterocycles. The number of benzene rings is 1. The molecule has 5 nitrogen and oxygen atoms in total. The molecule has 0 spiro atoms. The lowest BCUT2D eigenvalue weighted by molar-refractivity contribution is 0.0268. The first kappa shape index (κ1) is 23.0. The number of methoxy groups -OCH3 is 1. The van der Waals surface area contributed by atoms with Gasteiger partial charge >= 0.3 is 0 Å². The number of nitrogens with zero attached hydrogens (tertiary/aromatic N) is 1. The molecule has 0 saturated heterocycles. The second-order valence-electron chi connectivity index (χ2n) is 6.59. The van der Waals surface area contributed by atoms with Crippen molar-refractivity contribution in [2.75, 3.05) is 27.3 Å². The molecule has 0 radical (unpaired) electrons. The maximum Gasteiger partial charge on any atom is 0.191 e. The smallest absolute Gasteiger partial charge is 0.191 e. The highest BCUT2D eigenvalue weighted by Gasteiger charge is 2.16. The van der Waals surface area contributed by atoms with Crippen LogP contribution in [-0.4, -0.2) is 38.9 Å². The lowest BCUT2D eigenvalue weighted by atomic mass is 10.1. The molecule has 24 heavy (non-hydrogen) atoms. The lowest BCUT2D eigenvalue weighted by Crippen LogP contribution is -2.45. The number of ether oxygens (including phenoxy) is 2. The van der Waals surface area contributed by atoms with Gasteiger partial charge in [-0.15, -0.1) is 24.0 Å². The number of aliphatic imine (C=N–C) groups is 1. The maximum absolute atomic E-state index is 5.69. The first-order chi connectivity index (χ1) is 10.9. The highest BCUT2D eigenvalue weighted by atomic mass is 127. The Hall–Kier alpha value is -1.02.